The maximum absolute atomic E-state index is 11.7. The molecule has 11 heteroatoms. The van der Waals surface area contributed by atoms with Gasteiger partial charge >= 0.3 is 11.9 Å². The molecule has 1 aromatic carbocycles. The number of ether oxygens (including phenoxy) is 4. The third-order valence-electron chi connectivity index (χ3n) is 3.29. The molecule has 1 fully saturated rings. The Bertz CT molecular complexity index is 880. The van der Waals surface area contributed by atoms with E-state index in [1.807, 2.05) is 0 Å². The van der Waals surface area contributed by atoms with Crippen LogP contribution in [0.15, 0.2) is 39.4 Å². The van der Waals surface area contributed by atoms with Gasteiger partial charge in [-0.05, 0) is 42.4 Å². The highest BCUT2D eigenvalue weighted by atomic mass is 32.2. The Balaban J connectivity index is 2.06. The summed E-state index contributed by atoms with van der Waals surface area (Å²) >= 11 is 0.963. The summed E-state index contributed by atoms with van der Waals surface area (Å²) in [5, 5.41) is 10.5. The smallest absolute Gasteiger partial charge is 0.344 e. The van der Waals surface area contributed by atoms with Gasteiger partial charge in [0, 0.05) is 6.08 Å². The molecule has 1 saturated heterocycles. The monoisotopic (exact) mass is 421 g/mol. The molecule has 0 spiro atoms. The zero-order chi connectivity index (χ0) is 21.2. The second kappa shape index (κ2) is 10.9. The molecular weight excluding hydrogens is 402 g/mol. The summed E-state index contributed by atoms with van der Waals surface area (Å²) in [5.41, 5.74) is 0.619. The zero-order valence-electron chi connectivity index (χ0n) is 16.0. The van der Waals surface area contributed by atoms with Gasteiger partial charge < -0.3 is 18.9 Å². The van der Waals surface area contributed by atoms with Gasteiger partial charge in [-0.3, -0.25) is 10.1 Å². The van der Waals surface area contributed by atoms with Gasteiger partial charge in [0.15, 0.2) is 23.3 Å². The molecule has 10 nitrogen and oxygen atoms in total. The van der Waals surface area contributed by atoms with Crippen molar-refractivity contribution in [1.29, 1.82) is 0 Å². The number of esters is 2. The molecule has 0 atom stereocenters. The molecule has 0 saturated carbocycles. The quantitative estimate of drug-likeness (QED) is 0.288. The van der Waals surface area contributed by atoms with Crippen LogP contribution >= 0.6 is 11.8 Å². The van der Waals surface area contributed by atoms with Crippen molar-refractivity contribution in [2.75, 3.05) is 27.4 Å². The van der Waals surface area contributed by atoms with E-state index < -0.39 is 17.8 Å². The molecule has 1 amide bonds. The van der Waals surface area contributed by atoms with Gasteiger partial charge in [0.05, 0.1) is 31.9 Å². The van der Waals surface area contributed by atoms with Gasteiger partial charge in [-0.1, -0.05) is 0 Å². The first-order chi connectivity index (χ1) is 14.0. The van der Waals surface area contributed by atoms with E-state index in [0.717, 1.165) is 17.8 Å². The van der Waals surface area contributed by atoms with E-state index in [-0.39, 0.29) is 23.3 Å². The highest BCUT2D eigenvalue weighted by Crippen LogP contribution is 2.28. The Morgan fingerprint density at radius 1 is 1.24 bits per heavy atom. The summed E-state index contributed by atoms with van der Waals surface area (Å²) < 4.78 is 19.9. The average molecular weight is 421 g/mol. The van der Waals surface area contributed by atoms with E-state index in [1.165, 1.54) is 20.4 Å². The Morgan fingerprint density at radius 3 is 2.72 bits per heavy atom. The number of benzene rings is 1. The predicted molar refractivity (Wildman–Crippen MR) is 106 cm³/mol. The lowest BCUT2D eigenvalue weighted by Crippen LogP contribution is -2.19. The van der Waals surface area contributed by atoms with Gasteiger partial charge in [-0.2, -0.15) is 5.10 Å². The fraction of sp³-hybridized carbons (Fsp3) is 0.278. The summed E-state index contributed by atoms with van der Waals surface area (Å²) in [5.74, 6) is -0.822. The van der Waals surface area contributed by atoms with Crippen LogP contribution in [0.25, 0.3) is 0 Å². The van der Waals surface area contributed by atoms with Crippen molar-refractivity contribution in [3.05, 3.63) is 34.7 Å². The fourth-order valence-electron chi connectivity index (χ4n) is 2.01. The first-order valence-electron chi connectivity index (χ1n) is 8.33. The third-order valence-corrected chi connectivity index (χ3v) is 4.20. The van der Waals surface area contributed by atoms with E-state index in [1.54, 1.807) is 25.1 Å². The summed E-state index contributed by atoms with van der Waals surface area (Å²) in [4.78, 5) is 34.6. The lowest BCUT2D eigenvalue weighted by molar-refractivity contribution is -0.145. The molecule has 1 aliphatic rings. The molecule has 29 heavy (non-hydrogen) atoms. The Hall–Kier alpha value is -3.34. The van der Waals surface area contributed by atoms with Crippen LogP contribution in [0.3, 0.4) is 0 Å². The molecule has 0 radical (unpaired) electrons. The van der Waals surface area contributed by atoms with E-state index in [2.05, 4.69) is 20.3 Å². The first-order valence-corrected chi connectivity index (χ1v) is 9.14. The van der Waals surface area contributed by atoms with Crippen molar-refractivity contribution in [3.8, 4) is 11.5 Å². The number of rotatable bonds is 8. The third kappa shape index (κ3) is 6.64. The van der Waals surface area contributed by atoms with Gasteiger partial charge in [-0.25, -0.2) is 9.59 Å². The van der Waals surface area contributed by atoms with Crippen LogP contribution in [0, 0.1) is 0 Å². The van der Waals surface area contributed by atoms with Crippen LogP contribution in [0.2, 0.25) is 0 Å². The second-order valence-electron chi connectivity index (χ2n) is 5.24. The standard InChI is InChI=1S/C18H19N3O7S/c1-4-27-16(23)10-28-13-7-11(5-6-12(13)25-2)9-19-21-18-20-17(24)14(29-18)8-15(22)26-3/h5-9H,4,10H2,1-3H3,(H,20,21,24)/b14-8+,19-9?. The fourth-order valence-corrected chi connectivity index (χ4v) is 2.75. The Labute approximate surface area is 170 Å². The molecule has 2 rings (SSSR count). The second-order valence-corrected chi connectivity index (χ2v) is 6.27. The highest BCUT2D eigenvalue weighted by Gasteiger charge is 2.25. The van der Waals surface area contributed by atoms with E-state index >= 15 is 0 Å². The number of carbonyl (C=O) groups excluding carboxylic acids is 3. The summed E-state index contributed by atoms with van der Waals surface area (Å²) in [6.45, 7) is 1.71. The maximum atomic E-state index is 11.7. The number of carbonyl (C=O) groups is 3. The minimum Gasteiger partial charge on any atom is -0.493 e. The molecule has 1 aromatic rings. The molecule has 0 aromatic heterocycles. The van der Waals surface area contributed by atoms with E-state index in [0.29, 0.717) is 17.1 Å². The van der Waals surface area contributed by atoms with Crippen LogP contribution in [-0.4, -0.2) is 56.7 Å². The predicted octanol–water partition coefficient (Wildman–Crippen LogP) is 1.25. The van der Waals surface area contributed by atoms with Crippen molar-refractivity contribution in [3.63, 3.8) is 0 Å². The molecule has 0 bridgehead atoms. The number of thioether (sulfide) groups is 1. The molecule has 154 valence electrons. The molecule has 1 heterocycles. The largest absolute Gasteiger partial charge is 0.493 e. The van der Waals surface area contributed by atoms with Gasteiger partial charge in [0.25, 0.3) is 5.91 Å². The Kier molecular flexibility index (Phi) is 8.22. The van der Waals surface area contributed by atoms with Crippen LogP contribution in [0.4, 0.5) is 0 Å². The Morgan fingerprint density at radius 2 is 2.03 bits per heavy atom. The van der Waals surface area contributed by atoms with Crippen molar-refractivity contribution < 1.29 is 33.3 Å². The zero-order valence-corrected chi connectivity index (χ0v) is 16.8. The average Bonchev–Trinajstić information content (AvgIpc) is 3.05. The normalized spacial score (nSPS) is 16.2. The van der Waals surface area contributed by atoms with Crippen LogP contribution in [0.5, 0.6) is 11.5 Å². The van der Waals surface area contributed by atoms with E-state index in [4.69, 9.17) is 14.2 Å². The van der Waals surface area contributed by atoms with Crippen LogP contribution in [0.1, 0.15) is 12.5 Å². The van der Waals surface area contributed by atoms with Crippen LogP contribution < -0.4 is 14.8 Å². The lowest BCUT2D eigenvalue weighted by Gasteiger charge is -2.10. The number of methoxy groups -OCH3 is 2. The highest BCUT2D eigenvalue weighted by molar-refractivity contribution is 8.18. The van der Waals surface area contributed by atoms with E-state index in [9.17, 15) is 14.4 Å². The number of amides is 1. The molecule has 1 aliphatic heterocycles. The lowest BCUT2D eigenvalue weighted by atomic mass is 10.2. The van der Waals surface area contributed by atoms with Crippen molar-refractivity contribution >= 4 is 41.0 Å². The summed E-state index contributed by atoms with van der Waals surface area (Å²) in [6, 6.07) is 4.98. The molecule has 0 aliphatic carbocycles. The number of nitrogens with zero attached hydrogens (tertiary/aromatic N) is 2. The minimum absolute atomic E-state index is 0.157. The number of amidine groups is 1. The van der Waals surface area contributed by atoms with Gasteiger partial charge in [-0.15, -0.1) is 5.10 Å². The minimum atomic E-state index is -0.638. The molecule has 0 unspecified atom stereocenters. The number of hydrogen-bond acceptors (Lipinski definition) is 10. The maximum Gasteiger partial charge on any atom is 0.344 e. The van der Waals surface area contributed by atoms with Gasteiger partial charge in [0.2, 0.25) is 0 Å². The summed E-state index contributed by atoms with van der Waals surface area (Å²) in [7, 11) is 2.70. The number of hydrogen-bond donors (Lipinski definition) is 1. The topological polar surface area (TPSA) is 125 Å². The molecule has 1 N–H and O–H groups in total. The van der Waals surface area contributed by atoms with Crippen molar-refractivity contribution in [2.45, 2.75) is 6.92 Å². The first kappa shape index (κ1) is 22.0. The van der Waals surface area contributed by atoms with Gasteiger partial charge in [0.1, 0.15) is 0 Å². The molecular formula is C18H19N3O7S. The van der Waals surface area contributed by atoms with Crippen molar-refractivity contribution in [1.82, 2.24) is 5.32 Å². The SMILES string of the molecule is CCOC(=O)COc1cc(C=N/N=C2/NC(=O)/C(=C\C(=O)OC)S2)ccc1OC. The van der Waals surface area contributed by atoms with Crippen molar-refractivity contribution in [2.24, 2.45) is 10.2 Å². The number of nitrogens with one attached hydrogen (secondary N) is 1. The summed E-state index contributed by atoms with van der Waals surface area (Å²) in [6.07, 6.45) is 2.50. The van der Waals surface area contributed by atoms with Crippen LogP contribution in [-0.2, 0) is 23.9 Å².